The molecule has 0 aliphatic heterocycles. The van der Waals surface area contributed by atoms with Gasteiger partial charge in [-0.1, -0.05) is 0 Å². The van der Waals surface area contributed by atoms with E-state index in [2.05, 4.69) is 15.3 Å². The summed E-state index contributed by atoms with van der Waals surface area (Å²) in [6, 6.07) is 3.63. The first-order valence-corrected chi connectivity index (χ1v) is 4.97. The summed E-state index contributed by atoms with van der Waals surface area (Å²) in [6.45, 7) is 2.02. The van der Waals surface area contributed by atoms with Crippen LogP contribution in [0.2, 0.25) is 0 Å². The van der Waals surface area contributed by atoms with Crippen LogP contribution in [0.5, 0.6) is 0 Å². The molecule has 0 aromatic carbocycles. The lowest BCUT2D eigenvalue weighted by Gasteiger charge is -2.01. The van der Waals surface area contributed by atoms with E-state index in [-0.39, 0.29) is 0 Å². The summed E-state index contributed by atoms with van der Waals surface area (Å²) < 4.78 is 0. The second-order valence-corrected chi connectivity index (χ2v) is 4.11. The van der Waals surface area contributed by atoms with E-state index in [0.717, 1.165) is 10.8 Å². The largest absolute Gasteiger partial charge is 0.384 e. The van der Waals surface area contributed by atoms with Crippen molar-refractivity contribution < 1.29 is 0 Å². The molecular formula is C9H10N4S. The monoisotopic (exact) mass is 206 g/mol. The molecule has 2 rings (SSSR count). The Morgan fingerprint density at radius 1 is 1.43 bits per heavy atom. The van der Waals surface area contributed by atoms with Crippen LogP contribution in [0.4, 0.5) is 16.6 Å². The minimum atomic E-state index is 0.503. The minimum Gasteiger partial charge on any atom is -0.384 e. The quantitative estimate of drug-likeness (QED) is 0.790. The summed E-state index contributed by atoms with van der Waals surface area (Å²) in [5, 5.41) is 4.02. The third-order valence-corrected chi connectivity index (χ3v) is 2.48. The molecule has 2 aromatic heterocycles. The van der Waals surface area contributed by atoms with Crippen molar-refractivity contribution in [1.29, 1.82) is 0 Å². The SMILES string of the molecule is Cc1cnc(Nc2ccnc(N)c2)s1. The van der Waals surface area contributed by atoms with Crippen LogP contribution < -0.4 is 11.1 Å². The number of thiazole rings is 1. The van der Waals surface area contributed by atoms with Crippen LogP contribution in [0.1, 0.15) is 4.88 Å². The van der Waals surface area contributed by atoms with Gasteiger partial charge in [-0.3, -0.25) is 0 Å². The second kappa shape index (κ2) is 3.63. The van der Waals surface area contributed by atoms with Crippen molar-refractivity contribution in [2.45, 2.75) is 6.92 Å². The normalized spacial score (nSPS) is 10.1. The van der Waals surface area contributed by atoms with E-state index < -0.39 is 0 Å². The number of hydrogen-bond acceptors (Lipinski definition) is 5. The molecule has 2 heterocycles. The first-order valence-electron chi connectivity index (χ1n) is 4.15. The molecule has 4 nitrogen and oxygen atoms in total. The number of aryl methyl sites for hydroxylation is 1. The summed E-state index contributed by atoms with van der Waals surface area (Å²) in [6.07, 6.45) is 3.50. The summed E-state index contributed by atoms with van der Waals surface area (Å²) in [7, 11) is 0. The number of rotatable bonds is 2. The molecule has 0 fully saturated rings. The molecule has 0 saturated heterocycles. The molecule has 2 aromatic rings. The summed E-state index contributed by atoms with van der Waals surface area (Å²) >= 11 is 1.60. The lowest BCUT2D eigenvalue weighted by Crippen LogP contribution is -1.93. The van der Waals surface area contributed by atoms with Crippen LogP contribution in [-0.2, 0) is 0 Å². The van der Waals surface area contributed by atoms with Gasteiger partial charge in [0.2, 0.25) is 0 Å². The van der Waals surface area contributed by atoms with Crippen molar-refractivity contribution in [3.05, 3.63) is 29.4 Å². The second-order valence-electron chi connectivity index (χ2n) is 2.87. The molecule has 0 bridgehead atoms. The smallest absolute Gasteiger partial charge is 0.187 e. The molecule has 0 unspecified atom stereocenters. The van der Waals surface area contributed by atoms with E-state index in [9.17, 15) is 0 Å². The van der Waals surface area contributed by atoms with Crippen molar-refractivity contribution >= 4 is 28.0 Å². The molecule has 0 aliphatic carbocycles. The molecule has 0 spiro atoms. The Balaban J connectivity index is 2.18. The van der Waals surface area contributed by atoms with Crippen LogP contribution in [0.3, 0.4) is 0 Å². The lowest BCUT2D eigenvalue weighted by molar-refractivity contribution is 1.32. The maximum atomic E-state index is 5.55. The van der Waals surface area contributed by atoms with Crippen LogP contribution in [0.15, 0.2) is 24.5 Å². The Labute approximate surface area is 85.8 Å². The number of hydrogen-bond donors (Lipinski definition) is 2. The van der Waals surface area contributed by atoms with Gasteiger partial charge in [-0.2, -0.15) is 0 Å². The van der Waals surface area contributed by atoms with Crippen molar-refractivity contribution in [2.24, 2.45) is 0 Å². The van der Waals surface area contributed by atoms with Gasteiger partial charge >= 0.3 is 0 Å². The fourth-order valence-electron chi connectivity index (χ4n) is 1.06. The van der Waals surface area contributed by atoms with Crippen molar-refractivity contribution in [3.63, 3.8) is 0 Å². The molecule has 0 atom stereocenters. The zero-order valence-corrected chi connectivity index (χ0v) is 8.51. The first kappa shape index (κ1) is 8.96. The van der Waals surface area contributed by atoms with Crippen LogP contribution in [-0.4, -0.2) is 9.97 Å². The van der Waals surface area contributed by atoms with Crippen LogP contribution in [0, 0.1) is 6.92 Å². The topological polar surface area (TPSA) is 63.8 Å². The Morgan fingerprint density at radius 2 is 2.29 bits per heavy atom. The predicted molar refractivity (Wildman–Crippen MR) is 58.8 cm³/mol. The number of aromatic nitrogens is 2. The molecular weight excluding hydrogens is 196 g/mol. The molecule has 14 heavy (non-hydrogen) atoms. The molecule has 0 amide bonds. The highest BCUT2D eigenvalue weighted by Crippen LogP contribution is 2.21. The Morgan fingerprint density at radius 3 is 2.93 bits per heavy atom. The number of nitrogens with two attached hydrogens (primary N) is 1. The van der Waals surface area contributed by atoms with Gasteiger partial charge in [0.15, 0.2) is 5.13 Å². The highest BCUT2D eigenvalue weighted by Gasteiger charge is 1.99. The first-order chi connectivity index (χ1) is 6.74. The Bertz CT molecular complexity index is 438. The number of anilines is 3. The van der Waals surface area contributed by atoms with Gasteiger partial charge in [-0.05, 0) is 13.0 Å². The third kappa shape index (κ3) is 2.00. The molecule has 0 radical (unpaired) electrons. The summed E-state index contributed by atoms with van der Waals surface area (Å²) in [5.74, 6) is 0.503. The van der Waals surface area contributed by atoms with Gasteiger partial charge in [0.05, 0.1) is 0 Å². The van der Waals surface area contributed by atoms with Gasteiger partial charge in [-0.25, -0.2) is 9.97 Å². The van der Waals surface area contributed by atoms with E-state index in [1.165, 1.54) is 4.88 Å². The minimum absolute atomic E-state index is 0.503. The number of nitrogens with zero attached hydrogens (tertiary/aromatic N) is 2. The summed E-state index contributed by atoms with van der Waals surface area (Å²) in [4.78, 5) is 9.27. The average Bonchev–Trinajstić information content (AvgIpc) is 2.51. The molecule has 0 saturated carbocycles. The van der Waals surface area contributed by atoms with Gasteiger partial charge < -0.3 is 11.1 Å². The Kier molecular flexibility index (Phi) is 2.32. The maximum absolute atomic E-state index is 5.55. The zero-order valence-electron chi connectivity index (χ0n) is 7.69. The van der Waals surface area contributed by atoms with E-state index in [1.807, 2.05) is 19.2 Å². The van der Waals surface area contributed by atoms with Gasteiger partial charge in [0.1, 0.15) is 5.82 Å². The fourth-order valence-corrected chi connectivity index (χ4v) is 1.75. The number of pyridine rings is 1. The average molecular weight is 206 g/mol. The Hall–Kier alpha value is -1.62. The van der Waals surface area contributed by atoms with E-state index >= 15 is 0 Å². The van der Waals surface area contributed by atoms with Gasteiger partial charge in [0, 0.05) is 29.0 Å². The standard InChI is InChI=1S/C9H10N4S/c1-6-5-12-9(14-6)13-7-2-3-11-8(10)4-7/h2-5H,1H3,(H3,10,11,12,13). The molecule has 5 heteroatoms. The van der Waals surface area contributed by atoms with E-state index in [0.29, 0.717) is 5.82 Å². The molecule has 72 valence electrons. The maximum Gasteiger partial charge on any atom is 0.187 e. The van der Waals surface area contributed by atoms with Gasteiger partial charge in [-0.15, -0.1) is 11.3 Å². The zero-order chi connectivity index (χ0) is 9.97. The predicted octanol–water partition coefficient (Wildman–Crippen LogP) is 2.17. The lowest BCUT2D eigenvalue weighted by atomic mass is 10.4. The fraction of sp³-hybridized carbons (Fsp3) is 0.111. The van der Waals surface area contributed by atoms with E-state index in [4.69, 9.17) is 5.73 Å². The third-order valence-electron chi connectivity index (χ3n) is 1.65. The highest BCUT2D eigenvalue weighted by atomic mass is 32.1. The highest BCUT2D eigenvalue weighted by molar-refractivity contribution is 7.15. The van der Waals surface area contributed by atoms with Crippen molar-refractivity contribution in [2.75, 3.05) is 11.1 Å². The van der Waals surface area contributed by atoms with E-state index in [1.54, 1.807) is 23.6 Å². The van der Waals surface area contributed by atoms with Crippen molar-refractivity contribution in [3.8, 4) is 0 Å². The van der Waals surface area contributed by atoms with Gasteiger partial charge in [0.25, 0.3) is 0 Å². The molecule has 0 aliphatic rings. The van der Waals surface area contributed by atoms with Crippen LogP contribution >= 0.6 is 11.3 Å². The molecule has 3 N–H and O–H groups in total. The van der Waals surface area contributed by atoms with Crippen LogP contribution in [0.25, 0.3) is 0 Å². The number of nitrogen functional groups attached to an aromatic ring is 1. The number of nitrogens with one attached hydrogen (secondary N) is 1. The summed E-state index contributed by atoms with van der Waals surface area (Å²) in [5.41, 5.74) is 6.46. The van der Waals surface area contributed by atoms with Crippen molar-refractivity contribution in [1.82, 2.24) is 9.97 Å².